The summed E-state index contributed by atoms with van der Waals surface area (Å²) in [5, 5.41) is 8.49. The van der Waals surface area contributed by atoms with Crippen molar-refractivity contribution in [2.75, 3.05) is 0 Å². The lowest BCUT2D eigenvalue weighted by molar-refractivity contribution is 0.349. The molecule has 0 radical (unpaired) electrons. The molecule has 0 spiro atoms. The fourth-order valence-electron chi connectivity index (χ4n) is 1.39. The fraction of sp³-hybridized carbons (Fsp3) is 0.400. The molecule has 0 saturated heterocycles. The second-order valence-electron chi connectivity index (χ2n) is 4.22. The van der Waals surface area contributed by atoms with Crippen molar-refractivity contribution >= 4 is 0 Å². The standard InChI is InChI=1S/C10H14N4/c1-10(2,3)14-9(5-7-12-14)13-8-4-6-11-13/h4-8H,1-3H3. The van der Waals surface area contributed by atoms with E-state index in [-0.39, 0.29) is 5.54 Å². The summed E-state index contributed by atoms with van der Waals surface area (Å²) in [5.74, 6) is 0.988. The van der Waals surface area contributed by atoms with Crippen LogP contribution in [0.2, 0.25) is 0 Å². The number of aromatic nitrogens is 4. The normalized spacial score (nSPS) is 11.9. The Morgan fingerprint density at radius 1 is 1.14 bits per heavy atom. The Hall–Kier alpha value is -1.58. The topological polar surface area (TPSA) is 35.6 Å². The maximum Gasteiger partial charge on any atom is 0.152 e. The highest BCUT2D eigenvalue weighted by atomic mass is 15.4. The molecule has 2 aromatic rings. The third-order valence-electron chi connectivity index (χ3n) is 2.00. The highest BCUT2D eigenvalue weighted by Crippen LogP contribution is 2.17. The first-order chi connectivity index (χ1) is 6.59. The Bertz CT molecular complexity index is 406. The minimum Gasteiger partial charge on any atom is -0.242 e. The summed E-state index contributed by atoms with van der Waals surface area (Å²) < 4.78 is 3.78. The van der Waals surface area contributed by atoms with Crippen LogP contribution in [0.25, 0.3) is 5.82 Å². The lowest BCUT2D eigenvalue weighted by Gasteiger charge is -2.21. The molecular formula is C10H14N4. The van der Waals surface area contributed by atoms with Crippen LogP contribution in [0.4, 0.5) is 0 Å². The highest BCUT2D eigenvalue weighted by Gasteiger charge is 2.17. The SMILES string of the molecule is CC(C)(C)n1nccc1-n1cccn1. The average molecular weight is 190 g/mol. The van der Waals surface area contributed by atoms with Crippen LogP contribution in [0.3, 0.4) is 0 Å². The molecule has 0 amide bonds. The number of rotatable bonds is 1. The molecule has 2 aromatic heterocycles. The van der Waals surface area contributed by atoms with Crippen molar-refractivity contribution in [1.29, 1.82) is 0 Å². The summed E-state index contributed by atoms with van der Waals surface area (Å²) in [6.45, 7) is 6.35. The van der Waals surface area contributed by atoms with Crippen molar-refractivity contribution in [2.45, 2.75) is 26.3 Å². The maximum absolute atomic E-state index is 4.30. The molecule has 0 aliphatic heterocycles. The van der Waals surface area contributed by atoms with Gasteiger partial charge in [0.2, 0.25) is 0 Å². The van der Waals surface area contributed by atoms with Gasteiger partial charge in [-0.1, -0.05) is 0 Å². The molecule has 14 heavy (non-hydrogen) atoms. The lowest BCUT2D eigenvalue weighted by Crippen LogP contribution is -2.25. The Labute approximate surface area is 83.2 Å². The summed E-state index contributed by atoms with van der Waals surface area (Å²) in [5.41, 5.74) is -0.0230. The van der Waals surface area contributed by atoms with Gasteiger partial charge >= 0.3 is 0 Å². The molecule has 0 atom stereocenters. The zero-order valence-corrected chi connectivity index (χ0v) is 8.68. The van der Waals surface area contributed by atoms with Crippen LogP contribution in [0.1, 0.15) is 20.8 Å². The molecule has 2 heterocycles. The van der Waals surface area contributed by atoms with E-state index in [0.29, 0.717) is 0 Å². The summed E-state index contributed by atoms with van der Waals surface area (Å²) in [7, 11) is 0. The van der Waals surface area contributed by atoms with E-state index in [1.54, 1.807) is 12.4 Å². The molecule has 0 unspecified atom stereocenters. The van der Waals surface area contributed by atoms with Crippen LogP contribution in [0, 0.1) is 0 Å². The molecule has 4 heteroatoms. The van der Waals surface area contributed by atoms with Crippen LogP contribution >= 0.6 is 0 Å². The van der Waals surface area contributed by atoms with Gasteiger partial charge in [-0.05, 0) is 26.8 Å². The zero-order valence-electron chi connectivity index (χ0n) is 8.68. The molecule has 0 aliphatic rings. The molecule has 0 aliphatic carbocycles. The van der Waals surface area contributed by atoms with Crippen molar-refractivity contribution in [3.63, 3.8) is 0 Å². The largest absolute Gasteiger partial charge is 0.242 e. The second kappa shape index (κ2) is 2.97. The van der Waals surface area contributed by atoms with Gasteiger partial charge < -0.3 is 0 Å². The van der Waals surface area contributed by atoms with E-state index >= 15 is 0 Å². The van der Waals surface area contributed by atoms with Gasteiger partial charge in [-0.3, -0.25) is 0 Å². The quantitative estimate of drug-likeness (QED) is 0.687. The second-order valence-corrected chi connectivity index (χ2v) is 4.22. The van der Waals surface area contributed by atoms with E-state index in [1.165, 1.54) is 0 Å². The summed E-state index contributed by atoms with van der Waals surface area (Å²) in [4.78, 5) is 0. The maximum atomic E-state index is 4.30. The van der Waals surface area contributed by atoms with E-state index in [9.17, 15) is 0 Å². The lowest BCUT2D eigenvalue weighted by atomic mass is 10.1. The van der Waals surface area contributed by atoms with E-state index in [4.69, 9.17) is 0 Å². The van der Waals surface area contributed by atoms with E-state index in [0.717, 1.165) is 5.82 Å². The first kappa shape index (κ1) is 8.99. The molecule has 0 bridgehead atoms. The summed E-state index contributed by atoms with van der Waals surface area (Å²) >= 11 is 0. The molecule has 0 saturated carbocycles. The predicted octanol–water partition coefficient (Wildman–Crippen LogP) is 1.82. The Morgan fingerprint density at radius 3 is 2.50 bits per heavy atom. The summed E-state index contributed by atoms with van der Waals surface area (Å²) in [6.07, 6.45) is 5.47. The van der Waals surface area contributed by atoms with Crippen molar-refractivity contribution < 1.29 is 0 Å². The minimum absolute atomic E-state index is 0.0230. The van der Waals surface area contributed by atoms with Crippen LogP contribution in [0.15, 0.2) is 30.7 Å². The number of nitrogens with zero attached hydrogens (tertiary/aromatic N) is 4. The molecular weight excluding hydrogens is 176 g/mol. The van der Waals surface area contributed by atoms with Crippen molar-refractivity contribution in [2.24, 2.45) is 0 Å². The third kappa shape index (κ3) is 1.43. The van der Waals surface area contributed by atoms with Crippen molar-refractivity contribution in [3.05, 3.63) is 30.7 Å². The van der Waals surface area contributed by atoms with Crippen molar-refractivity contribution in [3.8, 4) is 5.82 Å². The van der Waals surface area contributed by atoms with Crippen LogP contribution in [-0.2, 0) is 5.54 Å². The summed E-state index contributed by atoms with van der Waals surface area (Å²) in [6, 6.07) is 3.86. The Balaban J connectivity index is 2.51. The van der Waals surface area contributed by atoms with Gasteiger partial charge in [0.15, 0.2) is 5.82 Å². The van der Waals surface area contributed by atoms with Crippen LogP contribution in [-0.4, -0.2) is 19.6 Å². The van der Waals surface area contributed by atoms with Crippen molar-refractivity contribution in [1.82, 2.24) is 19.6 Å². The van der Waals surface area contributed by atoms with Gasteiger partial charge in [0.05, 0.1) is 11.7 Å². The first-order valence-electron chi connectivity index (χ1n) is 4.63. The predicted molar refractivity (Wildman–Crippen MR) is 54.3 cm³/mol. The monoisotopic (exact) mass is 190 g/mol. The average Bonchev–Trinajstić information content (AvgIpc) is 2.73. The Kier molecular flexibility index (Phi) is 1.91. The fourth-order valence-corrected chi connectivity index (χ4v) is 1.39. The molecule has 4 nitrogen and oxygen atoms in total. The third-order valence-corrected chi connectivity index (χ3v) is 2.00. The molecule has 0 aromatic carbocycles. The van der Waals surface area contributed by atoms with Gasteiger partial charge in [-0.2, -0.15) is 10.2 Å². The molecule has 0 fully saturated rings. The van der Waals surface area contributed by atoms with Gasteiger partial charge in [0.25, 0.3) is 0 Å². The zero-order chi connectivity index (χ0) is 10.2. The minimum atomic E-state index is -0.0230. The van der Waals surface area contributed by atoms with Gasteiger partial charge in [-0.15, -0.1) is 0 Å². The first-order valence-corrected chi connectivity index (χ1v) is 4.63. The van der Waals surface area contributed by atoms with Crippen LogP contribution in [0.5, 0.6) is 0 Å². The molecule has 0 N–H and O–H groups in total. The van der Waals surface area contributed by atoms with Crippen LogP contribution < -0.4 is 0 Å². The van der Waals surface area contributed by atoms with Gasteiger partial charge in [0, 0.05) is 18.5 Å². The number of hydrogen-bond acceptors (Lipinski definition) is 2. The molecule has 74 valence electrons. The highest BCUT2D eigenvalue weighted by molar-refractivity contribution is 5.21. The van der Waals surface area contributed by atoms with Gasteiger partial charge in [0.1, 0.15) is 0 Å². The molecule has 2 rings (SSSR count). The van der Waals surface area contributed by atoms with E-state index in [1.807, 2.05) is 27.7 Å². The smallest absolute Gasteiger partial charge is 0.152 e. The van der Waals surface area contributed by atoms with E-state index in [2.05, 4.69) is 31.0 Å². The van der Waals surface area contributed by atoms with E-state index < -0.39 is 0 Å². The van der Waals surface area contributed by atoms with Gasteiger partial charge in [-0.25, -0.2) is 9.36 Å². The number of hydrogen-bond donors (Lipinski definition) is 0. The Morgan fingerprint density at radius 2 is 1.93 bits per heavy atom.